The van der Waals surface area contributed by atoms with Crippen molar-refractivity contribution < 1.29 is 14.3 Å². The van der Waals surface area contributed by atoms with E-state index in [1.54, 1.807) is 14.0 Å². The Morgan fingerprint density at radius 3 is 2.58 bits per heavy atom. The Morgan fingerprint density at radius 1 is 1.17 bits per heavy atom. The zero-order valence-corrected chi connectivity index (χ0v) is 14.3. The summed E-state index contributed by atoms with van der Waals surface area (Å²) in [4.78, 5) is 12.1. The highest BCUT2D eigenvalue weighted by molar-refractivity contribution is 5.98. The highest BCUT2D eigenvalue weighted by Gasteiger charge is 2.29. The minimum Gasteiger partial charge on any atom is -0.488 e. The summed E-state index contributed by atoms with van der Waals surface area (Å²) in [6.45, 7) is 4.05. The molecule has 0 N–H and O–H groups in total. The zero-order valence-electron chi connectivity index (χ0n) is 14.3. The van der Waals surface area contributed by atoms with Gasteiger partial charge in [0.05, 0.1) is 11.2 Å². The number of carbonyl (C=O) groups excluding carboxylic acids is 1. The van der Waals surface area contributed by atoms with E-state index in [1.165, 1.54) is 0 Å². The van der Waals surface area contributed by atoms with Gasteiger partial charge in [0.2, 0.25) is 0 Å². The first-order chi connectivity index (χ1) is 11.5. The number of benzene rings is 2. The molecule has 124 valence electrons. The molecule has 2 aromatic rings. The van der Waals surface area contributed by atoms with Crippen LogP contribution in [0.15, 0.2) is 48.5 Å². The molecule has 3 rings (SSSR count). The topological polar surface area (TPSA) is 35.5 Å². The summed E-state index contributed by atoms with van der Waals surface area (Å²) in [5.41, 5.74) is 3.43. The third-order valence-electron chi connectivity index (χ3n) is 4.51. The number of rotatable bonds is 5. The highest BCUT2D eigenvalue weighted by atomic mass is 16.5. The summed E-state index contributed by atoms with van der Waals surface area (Å²) < 4.78 is 11.7. The van der Waals surface area contributed by atoms with E-state index in [2.05, 4.69) is 6.08 Å². The lowest BCUT2D eigenvalue weighted by atomic mass is 9.85. The Balaban J connectivity index is 2.00. The summed E-state index contributed by atoms with van der Waals surface area (Å²) in [5.74, 6) is 0.686. The van der Waals surface area contributed by atoms with E-state index in [0.29, 0.717) is 24.3 Å². The first kappa shape index (κ1) is 16.5. The number of ketones is 1. The molecule has 0 aromatic heterocycles. The summed E-state index contributed by atoms with van der Waals surface area (Å²) in [7, 11) is 1.70. The average Bonchev–Trinajstić information content (AvgIpc) is 2.60. The van der Waals surface area contributed by atoms with E-state index < -0.39 is 0 Å². The molecule has 24 heavy (non-hydrogen) atoms. The van der Waals surface area contributed by atoms with E-state index in [1.807, 2.05) is 55.5 Å². The first-order valence-corrected chi connectivity index (χ1v) is 8.10. The number of carbonyl (C=O) groups is 1. The van der Waals surface area contributed by atoms with Gasteiger partial charge in [-0.05, 0) is 31.0 Å². The molecular weight excluding hydrogens is 300 g/mol. The van der Waals surface area contributed by atoms with Crippen molar-refractivity contribution in [3.05, 3.63) is 70.8 Å². The van der Waals surface area contributed by atoms with Crippen molar-refractivity contribution in [2.75, 3.05) is 7.11 Å². The van der Waals surface area contributed by atoms with Crippen LogP contribution >= 0.6 is 0 Å². The van der Waals surface area contributed by atoms with Crippen molar-refractivity contribution in [1.29, 1.82) is 0 Å². The highest BCUT2D eigenvalue weighted by Crippen LogP contribution is 2.37. The van der Waals surface area contributed by atoms with Gasteiger partial charge in [-0.25, -0.2) is 0 Å². The van der Waals surface area contributed by atoms with Gasteiger partial charge < -0.3 is 9.47 Å². The maximum Gasteiger partial charge on any atom is 0.163 e. The van der Waals surface area contributed by atoms with E-state index in [0.717, 1.165) is 16.7 Å². The summed E-state index contributed by atoms with van der Waals surface area (Å²) >= 11 is 0. The standard InChI is InChI=1S/C21H22O3/c1-15(22)18-10-9-17-11-12-21(2,23-3)13-19(17)20(18)24-14-16-7-5-4-6-8-16/h4-12H,13-14H2,1-3H3. The molecule has 0 amide bonds. The molecule has 0 bridgehead atoms. The minimum atomic E-state index is -0.382. The van der Waals surface area contributed by atoms with Crippen LogP contribution < -0.4 is 4.74 Å². The Hall–Kier alpha value is -2.39. The fourth-order valence-corrected chi connectivity index (χ4v) is 2.97. The fourth-order valence-electron chi connectivity index (χ4n) is 2.97. The monoisotopic (exact) mass is 322 g/mol. The maximum atomic E-state index is 12.1. The van der Waals surface area contributed by atoms with Gasteiger partial charge in [-0.3, -0.25) is 4.79 Å². The molecule has 3 heteroatoms. The third-order valence-corrected chi connectivity index (χ3v) is 4.51. The summed E-state index contributed by atoms with van der Waals surface area (Å²) in [6.07, 6.45) is 4.78. The molecule has 0 saturated heterocycles. The maximum absolute atomic E-state index is 12.1. The number of methoxy groups -OCH3 is 1. The zero-order chi connectivity index (χ0) is 17.2. The van der Waals surface area contributed by atoms with Crippen LogP contribution in [0.1, 0.15) is 40.9 Å². The molecule has 0 fully saturated rings. The molecule has 0 aliphatic heterocycles. The minimum absolute atomic E-state index is 0.00883. The first-order valence-electron chi connectivity index (χ1n) is 8.10. The molecule has 1 aliphatic carbocycles. The van der Waals surface area contributed by atoms with Crippen molar-refractivity contribution in [2.24, 2.45) is 0 Å². The lowest BCUT2D eigenvalue weighted by Gasteiger charge is -2.30. The van der Waals surface area contributed by atoms with Gasteiger partial charge >= 0.3 is 0 Å². The van der Waals surface area contributed by atoms with Crippen LogP contribution in [-0.2, 0) is 17.8 Å². The normalized spacial score (nSPS) is 19.0. The Morgan fingerprint density at radius 2 is 1.92 bits per heavy atom. The van der Waals surface area contributed by atoms with Crippen LogP contribution in [0.4, 0.5) is 0 Å². The predicted molar refractivity (Wildman–Crippen MR) is 95.4 cm³/mol. The van der Waals surface area contributed by atoms with Crippen LogP contribution in [0, 0.1) is 0 Å². The number of ether oxygens (including phenoxy) is 2. The second-order valence-corrected chi connectivity index (χ2v) is 6.37. The van der Waals surface area contributed by atoms with Crippen molar-refractivity contribution in [3.8, 4) is 5.75 Å². The van der Waals surface area contributed by atoms with Crippen LogP contribution in [-0.4, -0.2) is 18.5 Å². The molecule has 0 saturated carbocycles. The molecule has 3 nitrogen and oxygen atoms in total. The molecule has 1 atom stereocenters. The lowest BCUT2D eigenvalue weighted by Crippen LogP contribution is -2.30. The van der Waals surface area contributed by atoms with Crippen LogP contribution in [0.3, 0.4) is 0 Å². The van der Waals surface area contributed by atoms with Crippen molar-refractivity contribution in [3.63, 3.8) is 0 Å². The van der Waals surface area contributed by atoms with Gasteiger partial charge in [0.1, 0.15) is 12.4 Å². The molecule has 0 radical (unpaired) electrons. The second-order valence-electron chi connectivity index (χ2n) is 6.37. The van der Waals surface area contributed by atoms with Gasteiger partial charge in [0, 0.05) is 19.1 Å². The van der Waals surface area contributed by atoms with Gasteiger partial charge in [0.25, 0.3) is 0 Å². The molecular formula is C21H22O3. The lowest BCUT2D eigenvalue weighted by molar-refractivity contribution is 0.0480. The predicted octanol–water partition coefficient (Wildman–Crippen LogP) is 4.44. The van der Waals surface area contributed by atoms with Crippen LogP contribution in [0.5, 0.6) is 5.75 Å². The number of Topliss-reactive ketones (excluding diaryl/α,β-unsaturated/α-hetero) is 1. The average molecular weight is 322 g/mol. The smallest absolute Gasteiger partial charge is 0.163 e. The SMILES string of the molecule is COC1(C)C=Cc2ccc(C(C)=O)c(OCc3ccccc3)c2C1. The molecule has 1 aliphatic rings. The van der Waals surface area contributed by atoms with Crippen molar-refractivity contribution in [1.82, 2.24) is 0 Å². The number of fused-ring (bicyclic) bond motifs is 1. The fraction of sp³-hybridized carbons (Fsp3) is 0.286. The molecule has 2 aromatic carbocycles. The third kappa shape index (κ3) is 3.26. The Bertz CT molecular complexity index is 777. The van der Waals surface area contributed by atoms with Crippen LogP contribution in [0.25, 0.3) is 6.08 Å². The van der Waals surface area contributed by atoms with E-state index in [-0.39, 0.29) is 11.4 Å². The number of hydrogen-bond acceptors (Lipinski definition) is 3. The summed E-state index contributed by atoms with van der Waals surface area (Å²) in [5, 5.41) is 0. The van der Waals surface area contributed by atoms with Gasteiger partial charge in [-0.1, -0.05) is 48.6 Å². The van der Waals surface area contributed by atoms with E-state index in [4.69, 9.17) is 9.47 Å². The Labute approximate surface area is 142 Å². The van der Waals surface area contributed by atoms with Gasteiger partial charge in [-0.15, -0.1) is 0 Å². The largest absolute Gasteiger partial charge is 0.488 e. The quantitative estimate of drug-likeness (QED) is 0.763. The van der Waals surface area contributed by atoms with E-state index >= 15 is 0 Å². The molecule has 1 unspecified atom stereocenters. The molecule has 0 spiro atoms. The Kier molecular flexibility index (Phi) is 4.54. The summed E-state index contributed by atoms with van der Waals surface area (Å²) in [6, 6.07) is 13.8. The van der Waals surface area contributed by atoms with Crippen LogP contribution in [0.2, 0.25) is 0 Å². The second kappa shape index (κ2) is 6.62. The van der Waals surface area contributed by atoms with Gasteiger partial charge in [-0.2, -0.15) is 0 Å². The van der Waals surface area contributed by atoms with Gasteiger partial charge in [0.15, 0.2) is 5.78 Å². The van der Waals surface area contributed by atoms with Crippen molar-refractivity contribution >= 4 is 11.9 Å². The number of hydrogen-bond donors (Lipinski definition) is 0. The molecule has 0 heterocycles. The van der Waals surface area contributed by atoms with E-state index in [9.17, 15) is 4.79 Å². The van der Waals surface area contributed by atoms with Crippen molar-refractivity contribution in [2.45, 2.75) is 32.5 Å².